The largest absolute Gasteiger partial charge is 0.381 e. The Morgan fingerprint density at radius 3 is 2.54 bits per heavy atom. The second-order valence-corrected chi connectivity index (χ2v) is 12.2. The molecular formula is C36H33ClF2N6O3. The molecule has 2 N–H and O–H groups in total. The molecule has 3 heterocycles. The number of methoxy groups -OCH3 is 1. The molecule has 0 aliphatic heterocycles. The molecule has 2 aromatic carbocycles. The van der Waals surface area contributed by atoms with Crippen molar-refractivity contribution in [2.45, 2.75) is 44.8 Å². The molecule has 1 aliphatic carbocycles. The number of fused-ring (bicyclic) bond motifs is 2. The van der Waals surface area contributed by atoms with Gasteiger partial charge < -0.3 is 24.3 Å². The summed E-state index contributed by atoms with van der Waals surface area (Å²) >= 11 is 6.85. The Hall–Kier alpha value is -4.89. The Labute approximate surface area is 280 Å². The topological polar surface area (TPSA) is 113 Å². The standard InChI is InChI=1S/C36H33ClF2N6O3/c1-20-42-35-30(44(20)2)18-22(19-40)32(33(35)37)25-6-5-15-45-28(25)12-13-29(45)36(47)21-16-26(38)34(27(39)17-21)43-31(46)7-4-14-41-23-8-10-24(48-3)11-9-23/h4-7,12-13,15-18,23-24,41H,8-11,14H2,1-3H3,(H,43,46)/b7-4+. The number of nitrogens with zero attached hydrogens (tertiary/aromatic N) is 4. The molecular weight excluding hydrogens is 638 g/mol. The Morgan fingerprint density at radius 1 is 1.12 bits per heavy atom. The van der Waals surface area contributed by atoms with E-state index in [0.717, 1.165) is 43.6 Å². The van der Waals surface area contributed by atoms with Crippen molar-refractivity contribution >= 4 is 45.5 Å². The third kappa shape index (κ3) is 6.22. The zero-order valence-electron chi connectivity index (χ0n) is 26.6. The lowest BCUT2D eigenvalue weighted by Crippen LogP contribution is -2.35. The first kappa shape index (κ1) is 33.0. The number of halogens is 3. The molecule has 9 nitrogen and oxygen atoms in total. The zero-order chi connectivity index (χ0) is 34.1. The molecule has 48 heavy (non-hydrogen) atoms. The third-order valence-electron chi connectivity index (χ3n) is 9.01. The number of imidazole rings is 1. The van der Waals surface area contributed by atoms with Crippen LogP contribution in [0.5, 0.6) is 0 Å². The summed E-state index contributed by atoms with van der Waals surface area (Å²) in [7, 11) is 3.55. The quantitative estimate of drug-likeness (QED) is 0.131. The summed E-state index contributed by atoms with van der Waals surface area (Å²) in [6.07, 6.45) is 8.62. The van der Waals surface area contributed by atoms with Crippen LogP contribution in [0.15, 0.2) is 60.8 Å². The summed E-state index contributed by atoms with van der Waals surface area (Å²) in [6.45, 7) is 2.27. The van der Waals surface area contributed by atoms with Crippen molar-refractivity contribution < 1.29 is 23.1 Å². The average Bonchev–Trinajstić information content (AvgIpc) is 3.65. The number of aromatic nitrogens is 3. The lowest BCUT2D eigenvalue weighted by Gasteiger charge is -2.27. The van der Waals surface area contributed by atoms with Crippen LogP contribution in [0.3, 0.4) is 0 Å². The van der Waals surface area contributed by atoms with Crippen molar-refractivity contribution in [3.8, 4) is 17.2 Å². The van der Waals surface area contributed by atoms with E-state index in [1.807, 2.05) is 18.5 Å². The van der Waals surface area contributed by atoms with Crippen LogP contribution in [-0.2, 0) is 16.6 Å². The van der Waals surface area contributed by atoms with Crippen LogP contribution in [0.25, 0.3) is 27.7 Å². The maximum Gasteiger partial charge on any atom is 0.248 e. The fourth-order valence-electron chi connectivity index (χ4n) is 6.33. The summed E-state index contributed by atoms with van der Waals surface area (Å²) in [5.41, 5.74) is 2.44. The molecule has 6 rings (SSSR count). The molecule has 246 valence electrons. The van der Waals surface area contributed by atoms with Gasteiger partial charge in [-0.05, 0) is 69.0 Å². The van der Waals surface area contributed by atoms with Gasteiger partial charge in [-0.1, -0.05) is 23.7 Å². The zero-order valence-corrected chi connectivity index (χ0v) is 27.4. The highest BCUT2D eigenvalue weighted by atomic mass is 35.5. The molecule has 5 aromatic rings. The number of carbonyl (C=O) groups is 2. The Balaban J connectivity index is 1.21. The minimum absolute atomic E-state index is 0.137. The predicted molar refractivity (Wildman–Crippen MR) is 180 cm³/mol. The maximum atomic E-state index is 15.1. The van der Waals surface area contributed by atoms with Gasteiger partial charge in [0.15, 0.2) is 0 Å². The summed E-state index contributed by atoms with van der Waals surface area (Å²) < 4.78 is 39.1. The summed E-state index contributed by atoms with van der Waals surface area (Å²) in [6, 6.07) is 12.8. The summed E-state index contributed by atoms with van der Waals surface area (Å²) in [5, 5.41) is 15.9. The Bertz CT molecular complexity index is 2120. The number of aryl methyl sites for hydroxylation is 2. The molecule has 3 aromatic heterocycles. The van der Waals surface area contributed by atoms with Gasteiger partial charge in [0.05, 0.1) is 39.5 Å². The van der Waals surface area contributed by atoms with E-state index in [4.69, 9.17) is 16.3 Å². The highest BCUT2D eigenvalue weighted by Crippen LogP contribution is 2.39. The number of ether oxygens (including phenoxy) is 1. The molecule has 0 spiro atoms. The summed E-state index contributed by atoms with van der Waals surface area (Å²) in [4.78, 5) is 30.6. The van der Waals surface area contributed by atoms with Crippen LogP contribution >= 0.6 is 11.6 Å². The van der Waals surface area contributed by atoms with E-state index < -0.39 is 29.0 Å². The molecule has 1 fully saturated rings. The van der Waals surface area contributed by atoms with E-state index in [1.54, 1.807) is 48.0 Å². The van der Waals surface area contributed by atoms with Gasteiger partial charge >= 0.3 is 0 Å². The molecule has 12 heteroatoms. The number of anilines is 1. The normalized spacial score (nSPS) is 16.5. The third-order valence-corrected chi connectivity index (χ3v) is 9.38. The Morgan fingerprint density at radius 2 is 1.85 bits per heavy atom. The lowest BCUT2D eigenvalue weighted by atomic mass is 9.93. The van der Waals surface area contributed by atoms with Gasteiger partial charge in [0, 0.05) is 55.7 Å². The monoisotopic (exact) mass is 670 g/mol. The highest BCUT2D eigenvalue weighted by molar-refractivity contribution is 6.38. The first-order valence-electron chi connectivity index (χ1n) is 15.5. The van der Waals surface area contributed by atoms with Gasteiger partial charge in [-0.25, -0.2) is 13.8 Å². The first-order valence-corrected chi connectivity index (χ1v) is 15.9. The number of hydrogen-bond acceptors (Lipinski definition) is 6. The minimum Gasteiger partial charge on any atom is -0.381 e. The van der Waals surface area contributed by atoms with Crippen LogP contribution in [0.4, 0.5) is 14.5 Å². The molecule has 0 bridgehead atoms. The molecule has 0 saturated heterocycles. The van der Waals surface area contributed by atoms with E-state index >= 15 is 8.78 Å². The number of pyridine rings is 1. The number of nitrogens with one attached hydrogen (secondary N) is 2. The van der Waals surface area contributed by atoms with E-state index in [0.29, 0.717) is 50.8 Å². The molecule has 1 aliphatic rings. The van der Waals surface area contributed by atoms with Crippen molar-refractivity contribution in [3.05, 3.63) is 100 Å². The second-order valence-electron chi connectivity index (χ2n) is 11.9. The fraction of sp³-hybridized carbons (Fsp3) is 0.278. The molecule has 0 atom stereocenters. The molecule has 0 radical (unpaired) electrons. The number of ketones is 1. The molecule has 1 saturated carbocycles. The SMILES string of the molecule is COC1CCC(NC/C=C/C(=O)Nc2c(F)cc(C(=O)c3ccc4c(-c5c(C#N)cc6c(nc(C)n6C)c5Cl)cccn34)cc2F)CC1. The summed E-state index contributed by atoms with van der Waals surface area (Å²) in [5.74, 6) is -2.78. The number of hydrogen-bond donors (Lipinski definition) is 2. The van der Waals surface area contributed by atoms with Crippen LogP contribution in [0.2, 0.25) is 5.02 Å². The maximum absolute atomic E-state index is 15.1. The van der Waals surface area contributed by atoms with Gasteiger partial charge in [0.1, 0.15) is 28.7 Å². The predicted octanol–water partition coefficient (Wildman–Crippen LogP) is 6.88. The van der Waals surface area contributed by atoms with E-state index in [9.17, 15) is 14.9 Å². The van der Waals surface area contributed by atoms with Gasteiger partial charge in [-0.15, -0.1) is 0 Å². The van der Waals surface area contributed by atoms with Gasteiger partial charge in [-0.2, -0.15) is 5.26 Å². The van der Waals surface area contributed by atoms with E-state index in [-0.39, 0.29) is 17.4 Å². The highest BCUT2D eigenvalue weighted by Gasteiger charge is 2.24. The second kappa shape index (κ2) is 13.7. The van der Waals surface area contributed by atoms with Gasteiger partial charge in [0.25, 0.3) is 0 Å². The van der Waals surface area contributed by atoms with Crippen molar-refractivity contribution in [2.24, 2.45) is 7.05 Å². The van der Waals surface area contributed by atoms with Gasteiger partial charge in [-0.3, -0.25) is 9.59 Å². The van der Waals surface area contributed by atoms with Crippen molar-refractivity contribution in [2.75, 3.05) is 19.0 Å². The Kier molecular flexibility index (Phi) is 9.42. The van der Waals surface area contributed by atoms with Crippen molar-refractivity contribution in [3.63, 3.8) is 0 Å². The van der Waals surface area contributed by atoms with Crippen LogP contribution < -0.4 is 10.6 Å². The van der Waals surface area contributed by atoms with Crippen LogP contribution in [0.1, 0.15) is 53.1 Å². The van der Waals surface area contributed by atoms with E-state index in [1.165, 1.54) is 12.1 Å². The smallest absolute Gasteiger partial charge is 0.248 e. The first-order chi connectivity index (χ1) is 23.1. The fourth-order valence-corrected chi connectivity index (χ4v) is 6.67. The number of amides is 1. The number of nitriles is 1. The lowest BCUT2D eigenvalue weighted by molar-refractivity contribution is -0.112. The average molecular weight is 671 g/mol. The van der Waals surface area contributed by atoms with Crippen LogP contribution in [-0.4, -0.2) is 51.4 Å². The minimum atomic E-state index is -1.08. The van der Waals surface area contributed by atoms with Gasteiger partial charge in [0.2, 0.25) is 11.7 Å². The van der Waals surface area contributed by atoms with Crippen molar-refractivity contribution in [1.29, 1.82) is 5.26 Å². The van der Waals surface area contributed by atoms with Crippen LogP contribution in [0, 0.1) is 29.9 Å². The molecule has 0 unspecified atom stereocenters. The van der Waals surface area contributed by atoms with Crippen molar-refractivity contribution in [1.82, 2.24) is 19.3 Å². The molecule has 1 amide bonds. The number of carbonyl (C=O) groups excluding carboxylic acids is 2. The number of rotatable bonds is 9. The number of benzene rings is 2. The van der Waals surface area contributed by atoms with E-state index in [2.05, 4.69) is 21.7 Å².